The van der Waals surface area contributed by atoms with Crippen molar-refractivity contribution in [2.45, 2.75) is 13.0 Å². The Morgan fingerprint density at radius 2 is 2.31 bits per heavy atom. The molecule has 0 aliphatic carbocycles. The SMILES string of the molecule is CCNC(C#N)c1cc(Br)c(O)c(OC)c1. The normalized spacial score (nSPS) is 11.9. The third kappa shape index (κ3) is 2.65. The number of aromatic hydroxyl groups is 1. The van der Waals surface area contributed by atoms with Crippen LogP contribution in [0.3, 0.4) is 0 Å². The fourth-order valence-electron chi connectivity index (χ4n) is 1.36. The molecule has 2 N–H and O–H groups in total. The number of nitriles is 1. The van der Waals surface area contributed by atoms with E-state index >= 15 is 0 Å². The van der Waals surface area contributed by atoms with E-state index in [2.05, 4.69) is 27.3 Å². The second kappa shape index (κ2) is 5.73. The van der Waals surface area contributed by atoms with Gasteiger partial charge in [-0.3, -0.25) is 5.32 Å². The third-order valence-corrected chi connectivity index (χ3v) is 2.75. The second-order valence-corrected chi connectivity index (χ2v) is 4.03. The average molecular weight is 285 g/mol. The van der Waals surface area contributed by atoms with Gasteiger partial charge in [-0.05, 0) is 40.2 Å². The molecule has 0 bridgehead atoms. The van der Waals surface area contributed by atoms with Crippen LogP contribution in [0.2, 0.25) is 0 Å². The van der Waals surface area contributed by atoms with Crippen LogP contribution in [-0.2, 0) is 0 Å². The highest BCUT2D eigenvalue weighted by Crippen LogP contribution is 2.36. The van der Waals surface area contributed by atoms with E-state index in [-0.39, 0.29) is 5.75 Å². The minimum Gasteiger partial charge on any atom is -0.503 e. The van der Waals surface area contributed by atoms with Gasteiger partial charge in [0.15, 0.2) is 11.5 Å². The van der Waals surface area contributed by atoms with Crippen LogP contribution in [0.5, 0.6) is 11.5 Å². The summed E-state index contributed by atoms with van der Waals surface area (Å²) in [7, 11) is 1.47. The number of phenols is 1. The molecule has 0 aliphatic heterocycles. The first-order chi connectivity index (χ1) is 7.63. The largest absolute Gasteiger partial charge is 0.503 e. The summed E-state index contributed by atoms with van der Waals surface area (Å²) in [6, 6.07) is 5.09. The first kappa shape index (κ1) is 12.8. The smallest absolute Gasteiger partial charge is 0.172 e. The molecule has 0 saturated carbocycles. The number of hydrogen-bond acceptors (Lipinski definition) is 4. The number of nitrogens with zero attached hydrogens (tertiary/aromatic N) is 1. The Bertz CT molecular complexity index is 415. The van der Waals surface area contributed by atoms with Crippen molar-refractivity contribution >= 4 is 15.9 Å². The van der Waals surface area contributed by atoms with E-state index in [1.54, 1.807) is 12.1 Å². The maximum Gasteiger partial charge on any atom is 0.172 e. The molecule has 0 spiro atoms. The lowest BCUT2D eigenvalue weighted by molar-refractivity contribution is 0.371. The van der Waals surface area contributed by atoms with Crippen molar-refractivity contribution in [3.8, 4) is 17.6 Å². The van der Waals surface area contributed by atoms with Gasteiger partial charge in [-0.15, -0.1) is 0 Å². The number of ether oxygens (including phenoxy) is 1. The van der Waals surface area contributed by atoms with Gasteiger partial charge in [0.2, 0.25) is 0 Å². The number of rotatable bonds is 4. The molecule has 1 rings (SSSR count). The number of nitrogens with one attached hydrogen (secondary N) is 1. The van der Waals surface area contributed by atoms with E-state index in [9.17, 15) is 5.11 Å². The Balaban J connectivity index is 3.15. The Kier molecular flexibility index (Phi) is 4.59. The molecule has 0 heterocycles. The third-order valence-electron chi connectivity index (χ3n) is 2.14. The number of methoxy groups -OCH3 is 1. The minimum atomic E-state index is -0.407. The van der Waals surface area contributed by atoms with Crippen molar-refractivity contribution in [3.05, 3.63) is 22.2 Å². The van der Waals surface area contributed by atoms with Gasteiger partial charge in [0.25, 0.3) is 0 Å². The topological polar surface area (TPSA) is 65.3 Å². The highest BCUT2D eigenvalue weighted by molar-refractivity contribution is 9.10. The van der Waals surface area contributed by atoms with Crippen molar-refractivity contribution in [1.82, 2.24) is 5.32 Å². The van der Waals surface area contributed by atoms with Crippen molar-refractivity contribution in [3.63, 3.8) is 0 Å². The minimum absolute atomic E-state index is 0.0411. The van der Waals surface area contributed by atoms with Crippen LogP contribution in [0.4, 0.5) is 0 Å². The first-order valence-corrected chi connectivity index (χ1v) is 5.62. The standard InChI is InChI=1S/C11H13BrN2O2/c1-3-14-9(6-13)7-4-8(12)11(15)10(5-7)16-2/h4-5,9,14-15H,3H2,1-2H3. The number of benzene rings is 1. The number of halogens is 1. The summed E-state index contributed by atoms with van der Waals surface area (Å²) in [5.74, 6) is 0.391. The predicted octanol–water partition coefficient (Wildman–Crippen LogP) is 2.34. The summed E-state index contributed by atoms with van der Waals surface area (Å²) in [4.78, 5) is 0. The van der Waals surface area contributed by atoms with Gasteiger partial charge >= 0.3 is 0 Å². The van der Waals surface area contributed by atoms with E-state index in [0.717, 1.165) is 5.56 Å². The molecular weight excluding hydrogens is 272 g/mol. The van der Waals surface area contributed by atoms with E-state index in [1.165, 1.54) is 7.11 Å². The van der Waals surface area contributed by atoms with Crippen molar-refractivity contribution < 1.29 is 9.84 Å². The Morgan fingerprint density at radius 1 is 1.62 bits per heavy atom. The molecule has 0 saturated heterocycles. The van der Waals surface area contributed by atoms with Crippen molar-refractivity contribution in [2.24, 2.45) is 0 Å². The monoisotopic (exact) mass is 284 g/mol. The van der Waals surface area contributed by atoms with Crippen LogP contribution in [-0.4, -0.2) is 18.8 Å². The van der Waals surface area contributed by atoms with E-state index in [1.807, 2.05) is 6.92 Å². The molecule has 4 nitrogen and oxygen atoms in total. The zero-order chi connectivity index (χ0) is 12.1. The average Bonchev–Trinajstić information content (AvgIpc) is 2.29. The van der Waals surface area contributed by atoms with E-state index < -0.39 is 6.04 Å². The number of hydrogen-bond donors (Lipinski definition) is 2. The molecule has 5 heteroatoms. The van der Waals surface area contributed by atoms with Crippen LogP contribution in [0.25, 0.3) is 0 Å². The molecule has 0 fully saturated rings. The van der Waals surface area contributed by atoms with Gasteiger partial charge in [0.05, 0.1) is 17.7 Å². The quantitative estimate of drug-likeness (QED) is 0.891. The summed E-state index contributed by atoms with van der Waals surface area (Å²) in [5.41, 5.74) is 0.755. The van der Waals surface area contributed by atoms with Gasteiger partial charge in [0, 0.05) is 0 Å². The van der Waals surface area contributed by atoms with Crippen LogP contribution in [0.15, 0.2) is 16.6 Å². The van der Waals surface area contributed by atoms with Gasteiger partial charge in [-0.2, -0.15) is 5.26 Å². The maximum atomic E-state index is 9.63. The molecule has 0 aromatic heterocycles. The van der Waals surface area contributed by atoms with Gasteiger partial charge in [0.1, 0.15) is 6.04 Å². The molecule has 0 aliphatic rings. The molecule has 1 unspecified atom stereocenters. The van der Waals surface area contributed by atoms with Gasteiger partial charge in [-0.1, -0.05) is 6.92 Å². The predicted molar refractivity (Wildman–Crippen MR) is 64.4 cm³/mol. The fraction of sp³-hybridized carbons (Fsp3) is 0.364. The number of phenolic OH excluding ortho intramolecular Hbond substituents is 1. The van der Waals surface area contributed by atoms with Gasteiger partial charge < -0.3 is 9.84 Å². The molecule has 0 amide bonds. The molecule has 1 aromatic carbocycles. The fourth-order valence-corrected chi connectivity index (χ4v) is 1.82. The summed E-state index contributed by atoms with van der Waals surface area (Å²) < 4.78 is 5.54. The van der Waals surface area contributed by atoms with Crippen molar-refractivity contribution in [2.75, 3.05) is 13.7 Å². The zero-order valence-electron chi connectivity index (χ0n) is 9.12. The summed E-state index contributed by atoms with van der Waals surface area (Å²) in [6.45, 7) is 2.62. The maximum absolute atomic E-state index is 9.63. The molecule has 1 atom stereocenters. The summed E-state index contributed by atoms with van der Waals surface area (Å²) in [6.07, 6.45) is 0. The second-order valence-electron chi connectivity index (χ2n) is 3.17. The molecule has 86 valence electrons. The highest BCUT2D eigenvalue weighted by atomic mass is 79.9. The summed E-state index contributed by atoms with van der Waals surface area (Å²) in [5, 5.41) is 21.7. The Morgan fingerprint density at radius 3 is 2.81 bits per heavy atom. The van der Waals surface area contributed by atoms with Crippen LogP contribution in [0.1, 0.15) is 18.5 Å². The highest BCUT2D eigenvalue weighted by Gasteiger charge is 2.14. The Labute approximate surface area is 103 Å². The van der Waals surface area contributed by atoms with Crippen LogP contribution >= 0.6 is 15.9 Å². The van der Waals surface area contributed by atoms with Crippen molar-refractivity contribution in [1.29, 1.82) is 5.26 Å². The van der Waals surface area contributed by atoms with Crippen LogP contribution < -0.4 is 10.1 Å². The van der Waals surface area contributed by atoms with Gasteiger partial charge in [-0.25, -0.2) is 0 Å². The molecule has 0 radical (unpaired) electrons. The lowest BCUT2D eigenvalue weighted by Crippen LogP contribution is -2.19. The summed E-state index contributed by atoms with van der Waals surface area (Å²) >= 11 is 3.22. The molecule has 1 aromatic rings. The lowest BCUT2D eigenvalue weighted by atomic mass is 10.1. The molecule has 16 heavy (non-hydrogen) atoms. The lowest BCUT2D eigenvalue weighted by Gasteiger charge is -2.13. The Hall–Kier alpha value is -1.25. The van der Waals surface area contributed by atoms with Crippen LogP contribution in [0, 0.1) is 11.3 Å². The zero-order valence-corrected chi connectivity index (χ0v) is 10.7. The molecular formula is C11H13BrN2O2. The first-order valence-electron chi connectivity index (χ1n) is 4.83. The van der Waals surface area contributed by atoms with E-state index in [0.29, 0.717) is 16.8 Å². The van der Waals surface area contributed by atoms with E-state index in [4.69, 9.17) is 10.00 Å².